The van der Waals surface area contributed by atoms with Crippen molar-refractivity contribution in [1.82, 2.24) is 4.90 Å². The Morgan fingerprint density at radius 1 is 1.24 bits per heavy atom. The molecule has 0 radical (unpaired) electrons. The van der Waals surface area contributed by atoms with Gasteiger partial charge in [-0.05, 0) is 41.8 Å². The lowest BCUT2D eigenvalue weighted by Gasteiger charge is -2.28. The number of hydrogen-bond acceptors (Lipinski definition) is 3. The van der Waals surface area contributed by atoms with Crippen LogP contribution < -0.4 is 5.73 Å². The summed E-state index contributed by atoms with van der Waals surface area (Å²) in [4.78, 5) is 2.39. The van der Waals surface area contributed by atoms with E-state index in [9.17, 15) is 0 Å². The van der Waals surface area contributed by atoms with Crippen molar-refractivity contribution in [3.05, 3.63) is 53.5 Å². The van der Waals surface area contributed by atoms with E-state index in [1.165, 1.54) is 11.1 Å². The molecule has 0 fully saturated rings. The summed E-state index contributed by atoms with van der Waals surface area (Å²) >= 11 is 0. The summed E-state index contributed by atoms with van der Waals surface area (Å²) in [6.45, 7) is 2.92. The maximum atomic E-state index is 5.83. The van der Waals surface area contributed by atoms with E-state index in [0.29, 0.717) is 0 Å². The molecule has 1 aliphatic heterocycles. The minimum absolute atomic E-state index is 0.851. The molecule has 2 aromatic rings. The summed E-state index contributed by atoms with van der Waals surface area (Å²) in [5.41, 5.74) is 9.45. The highest BCUT2D eigenvalue weighted by molar-refractivity contribution is 5.45. The minimum Gasteiger partial charge on any atom is -0.468 e. The van der Waals surface area contributed by atoms with Crippen molar-refractivity contribution in [3.8, 4) is 0 Å². The molecule has 2 heterocycles. The number of fused-ring (bicyclic) bond motifs is 1. The molecule has 17 heavy (non-hydrogen) atoms. The summed E-state index contributed by atoms with van der Waals surface area (Å²) < 4.78 is 5.38. The lowest BCUT2D eigenvalue weighted by Crippen LogP contribution is -2.29. The molecule has 1 aromatic heterocycles. The number of anilines is 1. The minimum atomic E-state index is 0.851. The molecule has 3 rings (SSSR count). The van der Waals surface area contributed by atoms with Gasteiger partial charge in [-0.15, -0.1) is 0 Å². The molecule has 88 valence electrons. The maximum Gasteiger partial charge on any atom is 0.117 e. The molecule has 0 spiro atoms. The van der Waals surface area contributed by atoms with Gasteiger partial charge >= 0.3 is 0 Å². The second-order valence-corrected chi connectivity index (χ2v) is 4.57. The third-order valence-electron chi connectivity index (χ3n) is 3.28. The number of hydrogen-bond donors (Lipinski definition) is 1. The Bertz CT molecular complexity index is 505. The monoisotopic (exact) mass is 228 g/mol. The number of nitrogens with two attached hydrogens (primary N) is 1. The van der Waals surface area contributed by atoms with E-state index in [1.54, 1.807) is 6.26 Å². The fourth-order valence-electron chi connectivity index (χ4n) is 2.39. The second-order valence-electron chi connectivity index (χ2n) is 4.57. The van der Waals surface area contributed by atoms with Crippen LogP contribution in [0.3, 0.4) is 0 Å². The van der Waals surface area contributed by atoms with Gasteiger partial charge in [-0.1, -0.05) is 6.07 Å². The van der Waals surface area contributed by atoms with Gasteiger partial charge in [0.25, 0.3) is 0 Å². The zero-order valence-corrected chi connectivity index (χ0v) is 9.73. The summed E-state index contributed by atoms with van der Waals surface area (Å²) in [5.74, 6) is 1.03. The Hall–Kier alpha value is -1.74. The van der Waals surface area contributed by atoms with E-state index in [4.69, 9.17) is 10.2 Å². The van der Waals surface area contributed by atoms with Crippen molar-refractivity contribution in [2.45, 2.75) is 19.5 Å². The first kappa shape index (κ1) is 10.4. The van der Waals surface area contributed by atoms with Gasteiger partial charge in [0, 0.05) is 18.8 Å². The van der Waals surface area contributed by atoms with E-state index in [1.807, 2.05) is 18.2 Å². The van der Waals surface area contributed by atoms with Crippen LogP contribution in [0.5, 0.6) is 0 Å². The van der Waals surface area contributed by atoms with Crippen LogP contribution in [-0.2, 0) is 19.5 Å². The van der Waals surface area contributed by atoms with E-state index in [2.05, 4.69) is 17.0 Å². The van der Waals surface area contributed by atoms with Gasteiger partial charge in [-0.2, -0.15) is 0 Å². The molecule has 0 saturated heterocycles. The molecule has 1 aliphatic rings. The van der Waals surface area contributed by atoms with Crippen LogP contribution in [0.4, 0.5) is 5.69 Å². The average Bonchev–Trinajstić information content (AvgIpc) is 2.81. The first-order valence-electron chi connectivity index (χ1n) is 5.93. The molecule has 2 N–H and O–H groups in total. The predicted molar refractivity (Wildman–Crippen MR) is 67.4 cm³/mol. The lowest BCUT2D eigenvalue weighted by atomic mass is 9.99. The van der Waals surface area contributed by atoms with Crippen LogP contribution in [-0.4, -0.2) is 11.4 Å². The Labute approximate surface area is 101 Å². The molecule has 1 aromatic carbocycles. The van der Waals surface area contributed by atoms with E-state index in [-0.39, 0.29) is 0 Å². The van der Waals surface area contributed by atoms with Crippen LogP contribution in [0.15, 0.2) is 41.0 Å². The van der Waals surface area contributed by atoms with Crippen molar-refractivity contribution in [1.29, 1.82) is 0 Å². The van der Waals surface area contributed by atoms with E-state index >= 15 is 0 Å². The first-order chi connectivity index (χ1) is 8.31. The standard InChI is InChI=1S/C14H16N2O/c15-13-4-3-11-5-6-16(9-12(11)8-13)10-14-2-1-7-17-14/h1-4,7-8H,5-6,9-10,15H2. The number of furan rings is 1. The molecule has 0 saturated carbocycles. The van der Waals surface area contributed by atoms with Crippen molar-refractivity contribution < 1.29 is 4.42 Å². The Balaban J connectivity index is 1.76. The van der Waals surface area contributed by atoms with Crippen LogP contribution in [0.1, 0.15) is 16.9 Å². The van der Waals surface area contributed by atoms with Gasteiger partial charge in [0.2, 0.25) is 0 Å². The van der Waals surface area contributed by atoms with Crippen molar-refractivity contribution in [3.63, 3.8) is 0 Å². The number of benzene rings is 1. The van der Waals surface area contributed by atoms with Crippen LogP contribution in [0.25, 0.3) is 0 Å². The fraction of sp³-hybridized carbons (Fsp3) is 0.286. The Kier molecular flexibility index (Phi) is 2.61. The fourth-order valence-corrected chi connectivity index (χ4v) is 2.39. The quantitative estimate of drug-likeness (QED) is 0.803. The van der Waals surface area contributed by atoms with Crippen LogP contribution in [0.2, 0.25) is 0 Å². The van der Waals surface area contributed by atoms with Gasteiger partial charge in [0.15, 0.2) is 0 Å². The average molecular weight is 228 g/mol. The summed E-state index contributed by atoms with van der Waals surface area (Å²) in [6.07, 6.45) is 2.82. The van der Waals surface area contributed by atoms with Gasteiger partial charge in [0.1, 0.15) is 5.76 Å². The normalized spacial score (nSPS) is 15.8. The molecule has 0 unspecified atom stereocenters. The molecular formula is C14H16N2O. The highest BCUT2D eigenvalue weighted by Crippen LogP contribution is 2.22. The topological polar surface area (TPSA) is 42.4 Å². The summed E-state index contributed by atoms with van der Waals surface area (Å²) in [6, 6.07) is 10.2. The van der Waals surface area contributed by atoms with E-state index < -0.39 is 0 Å². The van der Waals surface area contributed by atoms with Crippen molar-refractivity contribution in [2.24, 2.45) is 0 Å². The first-order valence-corrected chi connectivity index (χ1v) is 5.93. The molecule has 0 bridgehead atoms. The predicted octanol–water partition coefficient (Wildman–Crippen LogP) is 2.42. The third kappa shape index (κ3) is 2.19. The smallest absolute Gasteiger partial charge is 0.117 e. The largest absolute Gasteiger partial charge is 0.468 e. The zero-order valence-electron chi connectivity index (χ0n) is 9.73. The van der Waals surface area contributed by atoms with Crippen molar-refractivity contribution in [2.75, 3.05) is 12.3 Å². The number of nitrogens with zero attached hydrogens (tertiary/aromatic N) is 1. The van der Waals surface area contributed by atoms with Gasteiger partial charge < -0.3 is 10.2 Å². The highest BCUT2D eigenvalue weighted by atomic mass is 16.3. The van der Waals surface area contributed by atoms with Crippen LogP contribution in [0, 0.1) is 0 Å². The molecule has 0 aliphatic carbocycles. The third-order valence-corrected chi connectivity index (χ3v) is 3.28. The maximum absolute atomic E-state index is 5.83. The van der Waals surface area contributed by atoms with Crippen molar-refractivity contribution >= 4 is 5.69 Å². The van der Waals surface area contributed by atoms with Gasteiger partial charge in [0.05, 0.1) is 12.8 Å². The lowest BCUT2D eigenvalue weighted by molar-refractivity contribution is 0.226. The molecule has 3 heteroatoms. The zero-order chi connectivity index (χ0) is 11.7. The second kappa shape index (κ2) is 4.26. The Morgan fingerprint density at radius 3 is 3.00 bits per heavy atom. The Morgan fingerprint density at radius 2 is 2.18 bits per heavy atom. The number of rotatable bonds is 2. The van der Waals surface area contributed by atoms with E-state index in [0.717, 1.165) is 37.5 Å². The van der Waals surface area contributed by atoms with Gasteiger partial charge in [-0.3, -0.25) is 4.90 Å². The summed E-state index contributed by atoms with van der Waals surface area (Å²) in [7, 11) is 0. The molecular weight excluding hydrogens is 212 g/mol. The SMILES string of the molecule is Nc1ccc2c(c1)CN(Cc1ccco1)CC2. The highest BCUT2D eigenvalue weighted by Gasteiger charge is 2.16. The molecule has 0 atom stereocenters. The summed E-state index contributed by atoms with van der Waals surface area (Å²) in [5, 5.41) is 0. The molecule has 3 nitrogen and oxygen atoms in total. The van der Waals surface area contributed by atoms with Gasteiger partial charge in [-0.25, -0.2) is 0 Å². The molecule has 0 amide bonds. The van der Waals surface area contributed by atoms with Crippen LogP contribution >= 0.6 is 0 Å². The number of nitrogen functional groups attached to an aromatic ring is 1.